The molecule has 3 atom stereocenters. The fourth-order valence-electron chi connectivity index (χ4n) is 3.76. The minimum atomic E-state index is -0.860. The minimum absolute atomic E-state index is 0.140. The van der Waals surface area contributed by atoms with Gasteiger partial charge in [0.2, 0.25) is 0 Å². The molecular weight excluding hydrogens is 288 g/mol. The molecule has 0 radical (unpaired) electrons. The third kappa shape index (κ3) is 2.64. The van der Waals surface area contributed by atoms with Gasteiger partial charge in [0.05, 0.1) is 0 Å². The fraction of sp³-hybridized carbons (Fsp3) is 0.600. The average molecular weight is 308 g/mol. The quantitative estimate of drug-likeness (QED) is 0.933. The maximum Gasteiger partial charge on any atom is 0.326 e. The number of urea groups is 1. The van der Waals surface area contributed by atoms with Gasteiger partial charge in [0.1, 0.15) is 6.04 Å². The molecule has 2 amide bonds. The van der Waals surface area contributed by atoms with Crippen LogP contribution >= 0.6 is 11.3 Å². The second-order valence-corrected chi connectivity index (χ2v) is 6.84. The summed E-state index contributed by atoms with van der Waals surface area (Å²) in [7, 11) is 1.74. The summed E-state index contributed by atoms with van der Waals surface area (Å²) in [6.07, 6.45) is 3.07. The molecule has 1 aliphatic heterocycles. The first kappa shape index (κ1) is 14.4. The normalized spacial score (nSPS) is 27.7. The van der Waals surface area contributed by atoms with E-state index in [4.69, 9.17) is 0 Å². The second-order valence-electron chi connectivity index (χ2n) is 6.06. The van der Waals surface area contributed by atoms with Crippen molar-refractivity contribution in [1.29, 1.82) is 0 Å². The largest absolute Gasteiger partial charge is 0.480 e. The van der Waals surface area contributed by atoms with Crippen LogP contribution in [-0.4, -0.2) is 46.5 Å². The molecule has 3 unspecified atom stereocenters. The van der Waals surface area contributed by atoms with Gasteiger partial charge >= 0.3 is 12.0 Å². The number of nitrogens with zero attached hydrogens (tertiary/aromatic N) is 2. The van der Waals surface area contributed by atoms with E-state index in [9.17, 15) is 14.7 Å². The molecule has 6 heteroatoms. The van der Waals surface area contributed by atoms with E-state index in [1.165, 1.54) is 0 Å². The highest BCUT2D eigenvalue weighted by Crippen LogP contribution is 2.42. The van der Waals surface area contributed by atoms with Crippen molar-refractivity contribution in [2.24, 2.45) is 11.8 Å². The molecule has 21 heavy (non-hydrogen) atoms. The van der Waals surface area contributed by atoms with Crippen molar-refractivity contribution in [3.8, 4) is 0 Å². The highest BCUT2D eigenvalue weighted by molar-refractivity contribution is 7.07. The van der Waals surface area contributed by atoms with Crippen molar-refractivity contribution in [3.63, 3.8) is 0 Å². The molecule has 1 saturated heterocycles. The Kier molecular flexibility index (Phi) is 3.89. The lowest BCUT2D eigenvalue weighted by molar-refractivity contribution is -0.142. The fourth-order valence-corrected chi connectivity index (χ4v) is 4.42. The monoisotopic (exact) mass is 308 g/mol. The number of carboxylic acid groups (broad SMARTS) is 1. The van der Waals surface area contributed by atoms with Gasteiger partial charge in [-0.1, -0.05) is 6.42 Å². The Morgan fingerprint density at radius 1 is 1.48 bits per heavy atom. The first-order valence-electron chi connectivity index (χ1n) is 7.33. The Morgan fingerprint density at radius 2 is 2.29 bits per heavy atom. The lowest BCUT2D eigenvalue weighted by Crippen LogP contribution is -2.48. The van der Waals surface area contributed by atoms with Gasteiger partial charge in [-0.25, -0.2) is 9.59 Å². The summed E-state index contributed by atoms with van der Waals surface area (Å²) in [5, 5.41) is 13.5. The van der Waals surface area contributed by atoms with Crippen LogP contribution in [-0.2, 0) is 11.3 Å². The predicted molar refractivity (Wildman–Crippen MR) is 80.1 cm³/mol. The van der Waals surface area contributed by atoms with E-state index in [0.29, 0.717) is 19.0 Å². The van der Waals surface area contributed by atoms with E-state index in [2.05, 4.69) is 0 Å². The molecule has 1 N–H and O–H groups in total. The average Bonchev–Trinajstić information content (AvgIpc) is 3.12. The zero-order chi connectivity index (χ0) is 15.0. The highest BCUT2D eigenvalue weighted by Gasteiger charge is 2.50. The van der Waals surface area contributed by atoms with Crippen LogP contribution < -0.4 is 0 Å². The molecular formula is C15H20N2O3S. The van der Waals surface area contributed by atoms with Gasteiger partial charge in [0.25, 0.3) is 0 Å². The molecule has 5 nitrogen and oxygen atoms in total. The summed E-state index contributed by atoms with van der Waals surface area (Å²) >= 11 is 1.60. The van der Waals surface area contributed by atoms with E-state index in [1.807, 2.05) is 16.8 Å². The van der Waals surface area contributed by atoms with Gasteiger partial charge in [0.15, 0.2) is 0 Å². The highest BCUT2D eigenvalue weighted by atomic mass is 32.1. The molecule has 1 aromatic rings. The van der Waals surface area contributed by atoms with Gasteiger partial charge < -0.3 is 14.9 Å². The van der Waals surface area contributed by atoms with Crippen LogP contribution in [0.25, 0.3) is 0 Å². The van der Waals surface area contributed by atoms with E-state index >= 15 is 0 Å². The molecule has 0 spiro atoms. The number of carboxylic acids is 1. The zero-order valence-electron chi connectivity index (χ0n) is 12.1. The topological polar surface area (TPSA) is 60.9 Å². The molecule has 114 valence electrons. The van der Waals surface area contributed by atoms with Crippen molar-refractivity contribution in [2.45, 2.75) is 31.8 Å². The third-order valence-corrected chi connectivity index (χ3v) is 5.45. The number of rotatable bonds is 3. The standard InChI is InChI=1S/C15H20N2O3S/c1-16(7-10-5-6-21-9-10)15(20)17-8-11-3-2-4-12(11)13(17)14(18)19/h5-6,9,11-13H,2-4,7-8H2,1H3,(H,18,19). The van der Waals surface area contributed by atoms with E-state index < -0.39 is 12.0 Å². The summed E-state index contributed by atoms with van der Waals surface area (Å²) in [6, 6.07) is 1.18. The van der Waals surface area contributed by atoms with Gasteiger partial charge in [-0.15, -0.1) is 0 Å². The lowest BCUT2D eigenvalue weighted by Gasteiger charge is -2.29. The van der Waals surface area contributed by atoms with Gasteiger partial charge in [0, 0.05) is 20.1 Å². The Bertz CT molecular complexity index is 531. The van der Waals surface area contributed by atoms with E-state index in [0.717, 1.165) is 24.8 Å². The van der Waals surface area contributed by atoms with Gasteiger partial charge in [-0.05, 0) is 47.1 Å². The molecule has 3 rings (SSSR count). The Hall–Kier alpha value is -1.56. The number of likely N-dealkylation sites (tertiary alicyclic amines) is 1. The summed E-state index contributed by atoms with van der Waals surface area (Å²) in [5.74, 6) is -0.354. The molecule has 1 saturated carbocycles. The summed E-state index contributed by atoms with van der Waals surface area (Å²) in [6.45, 7) is 1.12. The number of fused-ring (bicyclic) bond motifs is 1. The summed E-state index contributed by atoms with van der Waals surface area (Å²) in [5.41, 5.74) is 1.09. The van der Waals surface area contributed by atoms with Crippen LogP contribution in [0.2, 0.25) is 0 Å². The van der Waals surface area contributed by atoms with Crippen molar-refractivity contribution >= 4 is 23.3 Å². The number of hydrogen-bond acceptors (Lipinski definition) is 3. The molecule has 2 aliphatic rings. The maximum atomic E-state index is 12.6. The summed E-state index contributed by atoms with van der Waals surface area (Å²) in [4.78, 5) is 27.4. The second kappa shape index (κ2) is 5.67. The van der Waals surface area contributed by atoms with E-state index in [1.54, 1.807) is 28.2 Å². The minimum Gasteiger partial charge on any atom is -0.480 e. The van der Waals surface area contributed by atoms with Crippen LogP contribution in [0.3, 0.4) is 0 Å². The smallest absolute Gasteiger partial charge is 0.326 e. The number of aliphatic carboxylic acids is 1. The third-order valence-electron chi connectivity index (χ3n) is 4.72. The molecule has 2 fully saturated rings. The Balaban J connectivity index is 1.72. The van der Waals surface area contributed by atoms with Crippen molar-refractivity contribution in [3.05, 3.63) is 22.4 Å². The number of amides is 2. The molecule has 1 aliphatic carbocycles. The summed E-state index contributed by atoms with van der Waals surface area (Å²) < 4.78 is 0. The van der Waals surface area contributed by atoms with Crippen LogP contribution in [0.4, 0.5) is 4.79 Å². The van der Waals surface area contributed by atoms with Crippen LogP contribution in [0.15, 0.2) is 16.8 Å². The lowest BCUT2D eigenvalue weighted by atomic mass is 9.94. The van der Waals surface area contributed by atoms with Crippen LogP contribution in [0.5, 0.6) is 0 Å². The number of thiophene rings is 1. The van der Waals surface area contributed by atoms with Crippen molar-refractivity contribution < 1.29 is 14.7 Å². The van der Waals surface area contributed by atoms with E-state index in [-0.39, 0.29) is 11.9 Å². The Labute approximate surface area is 128 Å². The number of carbonyl (C=O) groups is 2. The van der Waals surface area contributed by atoms with Crippen LogP contribution in [0, 0.1) is 11.8 Å². The molecule has 1 aromatic heterocycles. The van der Waals surface area contributed by atoms with Gasteiger partial charge in [-0.3, -0.25) is 0 Å². The molecule has 0 aromatic carbocycles. The van der Waals surface area contributed by atoms with Crippen molar-refractivity contribution in [1.82, 2.24) is 9.80 Å². The molecule has 2 heterocycles. The van der Waals surface area contributed by atoms with Crippen LogP contribution in [0.1, 0.15) is 24.8 Å². The zero-order valence-corrected chi connectivity index (χ0v) is 12.9. The number of carbonyl (C=O) groups excluding carboxylic acids is 1. The SMILES string of the molecule is CN(Cc1ccsc1)C(=O)N1CC2CCCC2C1C(=O)O. The van der Waals surface area contributed by atoms with Gasteiger partial charge in [-0.2, -0.15) is 11.3 Å². The first-order chi connectivity index (χ1) is 10.1. The Morgan fingerprint density at radius 3 is 2.95 bits per heavy atom. The maximum absolute atomic E-state index is 12.6. The predicted octanol–water partition coefficient (Wildman–Crippen LogP) is 2.49. The number of hydrogen-bond donors (Lipinski definition) is 1. The van der Waals surface area contributed by atoms with Crippen molar-refractivity contribution in [2.75, 3.05) is 13.6 Å². The molecule has 0 bridgehead atoms. The first-order valence-corrected chi connectivity index (χ1v) is 8.28.